The van der Waals surface area contributed by atoms with E-state index in [0.717, 1.165) is 4.68 Å². The summed E-state index contributed by atoms with van der Waals surface area (Å²) >= 11 is 0. The number of esters is 1. The van der Waals surface area contributed by atoms with Gasteiger partial charge in [0.25, 0.3) is 5.56 Å². The molecule has 2 rings (SSSR count). The lowest BCUT2D eigenvalue weighted by molar-refractivity contribution is -0.148. The molecule has 1 aromatic carbocycles. The number of rotatable bonds is 4. The Morgan fingerprint density at radius 3 is 2.94 bits per heavy atom. The molecule has 2 aromatic rings. The van der Waals surface area contributed by atoms with Crippen LogP contribution in [0.15, 0.2) is 29.1 Å². The highest BCUT2D eigenvalue weighted by Crippen LogP contribution is 2.03. The molecule has 0 radical (unpaired) electrons. The molecule has 0 aliphatic heterocycles. The maximum absolute atomic E-state index is 12.0. The topological polar surface area (TPSA) is 74.1 Å². The van der Waals surface area contributed by atoms with Crippen molar-refractivity contribution in [2.45, 2.75) is 26.5 Å². The van der Waals surface area contributed by atoms with Gasteiger partial charge in [0, 0.05) is 6.42 Å². The summed E-state index contributed by atoms with van der Waals surface area (Å²) in [6.07, 6.45) is 1.03. The van der Waals surface area contributed by atoms with Crippen molar-refractivity contribution in [3.8, 4) is 0 Å². The van der Waals surface area contributed by atoms with Crippen LogP contribution in [-0.2, 0) is 16.3 Å². The summed E-state index contributed by atoms with van der Waals surface area (Å²) in [7, 11) is 0. The van der Waals surface area contributed by atoms with Gasteiger partial charge in [0.1, 0.15) is 5.52 Å². The van der Waals surface area contributed by atoms with E-state index in [1.54, 1.807) is 24.3 Å². The minimum atomic E-state index is -0.348. The molecule has 0 aliphatic carbocycles. The Morgan fingerprint density at radius 1 is 1.39 bits per heavy atom. The zero-order valence-electron chi connectivity index (χ0n) is 10.00. The number of fused-ring (bicyclic) bond motifs is 1. The lowest BCUT2D eigenvalue weighted by Gasteiger charge is -2.05. The maximum atomic E-state index is 12.0. The summed E-state index contributed by atoms with van der Waals surface area (Å²) in [5.41, 5.74) is 0.212. The second-order valence-electron chi connectivity index (χ2n) is 3.81. The van der Waals surface area contributed by atoms with Gasteiger partial charge < -0.3 is 4.74 Å². The minimum Gasteiger partial charge on any atom is -0.442 e. The molecule has 1 heterocycles. The molecular formula is C12H13N3O3. The van der Waals surface area contributed by atoms with Gasteiger partial charge in [-0.3, -0.25) is 9.59 Å². The van der Waals surface area contributed by atoms with E-state index in [-0.39, 0.29) is 18.3 Å². The van der Waals surface area contributed by atoms with E-state index >= 15 is 0 Å². The van der Waals surface area contributed by atoms with Gasteiger partial charge in [0.2, 0.25) is 0 Å². The molecule has 0 amide bonds. The lowest BCUT2D eigenvalue weighted by atomic mass is 10.2. The first-order valence-electron chi connectivity index (χ1n) is 5.70. The molecule has 0 spiro atoms. The first-order chi connectivity index (χ1) is 8.72. The quantitative estimate of drug-likeness (QED) is 0.756. The van der Waals surface area contributed by atoms with Crippen LogP contribution in [0.5, 0.6) is 0 Å². The fourth-order valence-corrected chi connectivity index (χ4v) is 1.52. The molecule has 6 nitrogen and oxygen atoms in total. The molecule has 0 saturated carbocycles. The molecule has 94 valence electrons. The number of carbonyl (C=O) groups excluding carboxylic acids is 1. The monoisotopic (exact) mass is 247 g/mol. The van der Waals surface area contributed by atoms with Crippen molar-refractivity contribution in [2.24, 2.45) is 0 Å². The van der Waals surface area contributed by atoms with Gasteiger partial charge in [0.15, 0.2) is 6.73 Å². The van der Waals surface area contributed by atoms with Gasteiger partial charge in [-0.1, -0.05) is 24.3 Å². The van der Waals surface area contributed by atoms with Crippen molar-refractivity contribution in [1.82, 2.24) is 15.0 Å². The van der Waals surface area contributed by atoms with Crippen molar-refractivity contribution < 1.29 is 9.53 Å². The Kier molecular flexibility index (Phi) is 3.66. The second kappa shape index (κ2) is 5.39. The molecule has 0 bridgehead atoms. The number of hydrogen-bond acceptors (Lipinski definition) is 5. The van der Waals surface area contributed by atoms with Gasteiger partial charge >= 0.3 is 5.97 Å². The number of aromatic nitrogens is 3. The van der Waals surface area contributed by atoms with E-state index in [2.05, 4.69) is 10.3 Å². The molecule has 0 atom stereocenters. The second-order valence-corrected chi connectivity index (χ2v) is 3.81. The van der Waals surface area contributed by atoms with Gasteiger partial charge in [0.05, 0.1) is 5.39 Å². The molecule has 0 N–H and O–H groups in total. The van der Waals surface area contributed by atoms with Gasteiger partial charge in [-0.15, -0.1) is 5.10 Å². The summed E-state index contributed by atoms with van der Waals surface area (Å²) in [4.78, 5) is 23.2. The number of hydrogen-bond donors (Lipinski definition) is 0. The number of ether oxygens (including phenoxy) is 1. The lowest BCUT2D eigenvalue weighted by Crippen LogP contribution is -2.26. The third kappa shape index (κ3) is 2.53. The third-order valence-corrected chi connectivity index (χ3v) is 2.43. The largest absolute Gasteiger partial charge is 0.442 e. The molecular weight excluding hydrogens is 234 g/mol. The van der Waals surface area contributed by atoms with Crippen LogP contribution >= 0.6 is 0 Å². The van der Waals surface area contributed by atoms with Crippen molar-refractivity contribution >= 4 is 16.9 Å². The fourth-order valence-electron chi connectivity index (χ4n) is 1.52. The highest BCUT2D eigenvalue weighted by atomic mass is 16.5. The van der Waals surface area contributed by atoms with E-state index in [1.165, 1.54) is 0 Å². The summed E-state index contributed by atoms with van der Waals surface area (Å²) in [5.74, 6) is -0.348. The molecule has 18 heavy (non-hydrogen) atoms. The highest BCUT2D eigenvalue weighted by molar-refractivity contribution is 5.76. The zero-order valence-corrected chi connectivity index (χ0v) is 10.00. The summed E-state index contributed by atoms with van der Waals surface area (Å²) in [6, 6.07) is 6.90. The van der Waals surface area contributed by atoms with Crippen LogP contribution in [-0.4, -0.2) is 21.0 Å². The highest BCUT2D eigenvalue weighted by Gasteiger charge is 2.07. The first kappa shape index (κ1) is 12.2. The zero-order chi connectivity index (χ0) is 13.0. The van der Waals surface area contributed by atoms with Crippen molar-refractivity contribution in [2.75, 3.05) is 0 Å². The van der Waals surface area contributed by atoms with Gasteiger partial charge in [-0.05, 0) is 18.6 Å². The minimum absolute atomic E-state index is 0.199. The van der Waals surface area contributed by atoms with Crippen molar-refractivity contribution in [3.63, 3.8) is 0 Å². The van der Waals surface area contributed by atoms with Crippen molar-refractivity contribution in [3.05, 3.63) is 34.6 Å². The SMILES string of the molecule is CCCC(=O)OCn1nnc2ccccc2c1=O. The smallest absolute Gasteiger partial charge is 0.307 e. The third-order valence-electron chi connectivity index (χ3n) is 2.43. The summed E-state index contributed by atoms with van der Waals surface area (Å²) in [5, 5.41) is 8.06. The van der Waals surface area contributed by atoms with Crippen LogP contribution in [0.1, 0.15) is 19.8 Å². The molecule has 1 aromatic heterocycles. The summed E-state index contributed by atoms with van der Waals surface area (Å²) in [6.45, 7) is 1.68. The Morgan fingerprint density at radius 2 is 2.17 bits per heavy atom. The molecule has 0 saturated heterocycles. The van der Waals surface area contributed by atoms with Crippen LogP contribution in [0.4, 0.5) is 0 Å². The first-order valence-corrected chi connectivity index (χ1v) is 5.70. The molecule has 6 heteroatoms. The average molecular weight is 247 g/mol. The summed E-state index contributed by atoms with van der Waals surface area (Å²) < 4.78 is 5.96. The standard InChI is InChI=1S/C12H13N3O3/c1-2-5-11(16)18-8-15-12(17)9-6-3-4-7-10(9)13-14-15/h3-4,6-7H,2,5,8H2,1H3. The molecule has 0 aliphatic rings. The fraction of sp³-hybridized carbons (Fsp3) is 0.333. The van der Waals surface area contributed by atoms with E-state index in [0.29, 0.717) is 23.7 Å². The number of carbonyl (C=O) groups is 1. The Hall–Kier alpha value is -2.24. The van der Waals surface area contributed by atoms with Crippen LogP contribution in [0.2, 0.25) is 0 Å². The van der Waals surface area contributed by atoms with Gasteiger partial charge in [-0.25, -0.2) is 0 Å². The van der Waals surface area contributed by atoms with E-state index in [1.807, 2.05) is 6.92 Å². The van der Waals surface area contributed by atoms with Crippen LogP contribution in [0.3, 0.4) is 0 Å². The van der Waals surface area contributed by atoms with E-state index in [4.69, 9.17) is 4.74 Å². The predicted molar refractivity (Wildman–Crippen MR) is 64.8 cm³/mol. The van der Waals surface area contributed by atoms with E-state index in [9.17, 15) is 9.59 Å². The number of benzene rings is 1. The molecule has 0 fully saturated rings. The molecule has 0 unspecified atom stereocenters. The van der Waals surface area contributed by atoms with Gasteiger partial charge in [-0.2, -0.15) is 4.68 Å². The average Bonchev–Trinajstić information content (AvgIpc) is 2.39. The maximum Gasteiger partial charge on any atom is 0.307 e. The van der Waals surface area contributed by atoms with E-state index < -0.39 is 0 Å². The Labute approximate surface area is 103 Å². The number of nitrogens with zero attached hydrogens (tertiary/aromatic N) is 3. The van der Waals surface area contributed by atoms with Crippen molar-refractivity contribution in [1.29, 1.82) is 0 Å². The van der Waals surface area contributed by atoms with Crippen LogP contribution in [0, 0.1) is 0 Å². The Balaban J connectivity index is 2.22. The normalized spacial score (nSPS) is 10.5. The van der Waals surface area contributed by atoms with Crippen LogP contribution in [0.25, 0.3) is 10.9 Å². The predicted octanol–water partition coefficient (Wildman–Crippen LogP) is 1.09. The van der Waals surface area contributed by atoms with Crippen LogP contribution < -0.4 is 5.56 Å². The Bertz CT molecular complexity index is 621.